The average molecular weight is 280 g/mol. The predicted octanol–water partition coefficient (Wildman–Crippen LogP) is -0.264. The highest BCUT2D eigenvalue weighted by molar-refractivity contribution is 5.52. The second-order valence-electron chi connectivity index (χ2n) is 5.19. The summed E-state index contributed by atoms with van der Waals surface area (Å²) in [7, 11) is 1.49. The van der Waals surface area contributed by atoms with Crippen LogP contribution in [0.2, 0.25) is 0 Å². The highest BCUT2D eigenvalue weighted by Crippen LogP contribution is 2.25. The Morgan fingerprint density at radius 1 is 1.60 bits per heavy atom. The largest absolute Gasteiger partial charge is 0.489 e. The van der Waals surface area contributed by atoms with E-state index in [0.717, 1.165) is 6.54 Å². The molecule has 2 N–H and O–H groups in total. The van der Waals surface area contributed by atoms with E-state index in [0.29, 0.717) is 31.6 Å². The molecule has 2 heterocycles. The van der Waals surface area contributed by atoms with Gasteiger partial charge in [0.2, 0.25) is 5.75 Å². The summed E-state index contributed by atoms with van der Waals surface area (Å²) in [5.41, 5.74) is -0.252. The fourth-order valence-electron chi connectivity index (χ4n) is 2.46. The fourth-order valence-corrected chi connectivity index (χ4v) is 2.46. The van der Waals surface area contributed by atoms with Crippen LogP contribution in [-0.4, -0.2) is 55.5 Å². The van der Waals surface area contributed by atoms with Crippen molar-refractivity contribution in [3.05, 3.63) is 16.7 Å². The third-order valence-electron chi connectivity index (χ3n) is 3.72. The van der Waals surface area contributed by atoms with Gasteiger partial charge in [0.15, 0.2) is 5.82 Å². The highest BCUT2D eigenvalue weighted by atomic mass is 16.5. The number of aromatic nitrogens is 2. The molecule has 0 amide bonds. The molecule has 1 aliphatic carbocycles. The van der Waals surface area contributed by atoms with E-state index >= 15 is 0 Å². The van der Waals surface area contributed by atoms with Gasteiger partial charge in [-0.1, -0.05) is 0 Å². The molecule has 0 aromatic carbocycles. The molecule has 2 aliphatic rings. The Kier molecular flexibility index (Phi) is 3.88. The lowest BCUT2D eigenvalue weighted by atomic mass is 10.2. The van der Waals surface area contributed by atoms with Gasteiger partial charge >= 0.3 is 0 Å². The molecule has 1 atom stereocenters. The van der Waals surface area contributed by atoms with Gasteiger partial charge in [-0.3, -0.25) is 4.79 Å². The molecule has 110 valence electrons. The summed E-state index contributed by atoms with van der Waals surface area (Å²) in [5, 5.41) is 3.50. The quantitative estimate of drug-likeness (QED) is 0.773. The van der Waals surface area contributed by atoms with Crippen LogP contribution in [0.15, 0.2) is 11.1 Å². The molecule has 0 radical (unpaired) electrons. The first kappa shape index (κ1) is 13.4. The molecule has 0 spiro atoms. The molecule has 7 nitrogen and oxygen atoms in total. The number of aromatic amines is 1. The summed E-state index contributed by atoms with van der Waals surface area (Å²) >= 11 is 0. The van der Waals surface area contributed by atoms with E-state index in [1.54, 1.807) is 0 Å². The van der Waals surface area contributed by atoms with Crippen LogP contribution >= 0.6 is 0 Å². The first-order chi connectivity index (χ1) is 9.79. The van der Waals surface area contributed by atoms with Crippen LogP contribution in [0, 0.1) is 0 Å². The molecule has 1 saturated carbocycles. The molecule has 2 fully saturated rings. The number of nitrogens with zero attached hydrogens (tertiary/aromatic N) is 2. The Hall–Kier alpha value is -1.60. The van der Waals surface area contributed by atoms with Gasteiger partial charge in [-0.25, -0.2) is 4.98 Å². The molecule has 1 unspecified atom stereocenters. The average Bonchev–Trinajstić information content (AvgIpc) is 3.29. The van der Waals surface area contributed by atoms with Crippen molar-refractivity contribution in [2.24, 2.45) is 0 Å². The maximum Gasteiger partial charge on any atom is 0.295 e. The molecule has 1 aliphatic heterocycles. The lowest BCUT2D eigenvalue weighted by Crippen LogP contribution is -2.51. The minimum absolute atomic E-state index is 0.174. The van der Waals surface area contributed by atoms with Gasteiger partial charge in [-0.05, 0) is 12.8 Å². The van der Waals surface area contributed by atoms with Gasteiger partial charge < -0.3 is 24.7 Å². The van der Waals surface area contributed by atoms with Crippen molar-refractivity contribution >= 4 is 5.82 Å². The number of H-pyrrole nitrogens is 1. The summed E-state index contributed by atoms with van der Waals surface area (Å²) in [5.74, 6) is 0.868. The van der Waals surface area contributed by atoms with Crippen molar-refractivity contribution in [3.8, 4) is 5.75 Å². The second kappa shape index (κ2) is 5.80. The molecule has 1 aromatic heterocycles. The van der Waals surface area contributed by atoms with Gasteiger partial charge in [-0.2, -0.15) is 0 Å². The molecule has 20 heavy (non-hydrogen) atoms. The topological polar surface area (TPSA) is 79.5 Å². The number of nitrogens with one attached hydrogen (secondary N) is 2. The second-order valence-corrected chi connectivity index (χ2v) is 5.19. The Balaban J connectivity index is 1.81. The molecular weight excluding hydrogens is 260 g/mol. The van der Waals surface area contributed by atoms with Crippen molar-refractivity contribution in [1.82, 2.24) is 15.3 Å². The standard InChI is InChI=1S/C13H20N4O3/c1-19-11-12(15-8-16-13(11)18)17-4-5-20-7-10(17)6-14-9-2-3-9/h8-10,14H,2-7H2,1H3,(H,15,16,18). The van der Waals surface area contributed by atoms with Gasteiger partial charge in [0.1, 0.15) is 0 Å². The SMILES string of the molecule is COc1c(N2CCOCC2CNC2CC2)nc[nH]c1=O. The van der Waals surface area contributed by atoms with Gasteiger partial charge in [0.05, 0.1) is 32.7 Å². The number of rotatable bonds is 5. The third-order valence-corrected chi connectivity index (χ3v) is 3.72. The maximum atomic E-state index is 11.8. The first-order valence-electron chi connectivity index (χ1n) is 6.99. The van der Waals surface area contributed by atoms with E-state index in [4.69, 9.17) is 9.47 Å². The van der Waals surface area contributed by atoms with Crippen LogP contribution in [0.25, 0.3) is 0 Å². The van der Waals surface area contributed by atoms with Gasteiger partial charge in [-0.15, -0.1) is 0 Å². The van der Waals surface area contributed by atoms with E-state index in [-0.39, 0.29) is 17.4 Å². The first-order valence-corrected chi connectivity index (χ1v) is 6.99. The minimum atomic E-state index is -0.252. The Morgan fingerprint density at radius 3 is 3.20 bits per heavy atom. The molecule has 0 bridgehead atoms. The minimum Gasteiger partial charge on any atom is -0.489 e. The highest BCUT2D eigenvalue weighted by Gasteiger charge is 2.29. The van der Waals surface area contributed by atoms with Crippen LogP contribution in [0.3, 0.4) is 0 Å². The summed E-state index contributed by atoms with van der Waals surface area (Å²) < 4.78 is 10.8. The molecule has 1 aromatic rings. The van der Waals surface area contributed by atoms with E-state index in [1.165, 1.54) is 26.3 Å². The number of ether oxygens (including phenoxy) is 2. The number of morpholine rings is 1. The van der Waals surface area contributed by atoms with Crippen molar-refractivity contribution in [2.75, 3.05) is 38.3 Å². The predicted molar refractivity (Wildman–Crippen MR) is 74.4 cm³/mol. The summed E-state index contributed by atoms with van der Waals surface area (Å²) in [4.78, 5) is 20.7. The summed E-state index contributed by atoms with van der Waals surface area (Å²) in [6.45, 7) is 2.82. The van der Waals surface area contributed by atoms with Crippen LogP contribution in [0.5, 0.6) is 5.75 Å². The van der Waals surface area contributed by atoms with E-state index in [1.807, 2.05) is 0 Å². The van der Waals surface area contributed by atoms with Crippen LogP contribution in [-0.2, 0) is 4.74 Å². The Labute approximate surface area is 117 Å². The fraction of sp³-hybridized carbons (Fsp3) is 0.692. The zero-order valence-electron chi connectivity index (χ0n) is 11.6. The lowest BCUT2D eigenvalue weighted by Gasteiger charge is -2.36. The van der Waals surface area contributed by atoms with Crippen molar-refractivity contribution in [3.63, 3.8) is 0 Å². The van der Waals surface area contributed by atoms with E-state index in [2.05, 4.69) is 20.2 Å². The third kappa shape index (κ3) is 2.78. The maximum absolute atomic E-state index is 11.8. The number of methoxy groups -OCH3 is 1. The van der Waals surface area contributed by atoms with E-state index < -0.39 is 0 Å². The lowest BCUT2D eigenvalue weighted by molar-refractivity contribution is 0.0929. The molecular formula is C13H20N4O3. The molecule has 1 saturated heterocycles. The zero-order chi connectivity index (χ0) is 13.9. The van der Waals surface area contributed by atoms with Crippen molar-refractivity contribution < 1.29 is 9.47 Å². The Bertz CT molecular complexity index is 515. The van der Waals surface area contributed by atoms with Crippen LogP contribution < -0.4 is 20.5 Å². The van der Waals surface area contributed by atoms with Gasteiger partial charge in [0, 0.05) is 19.1 Å². The van der Waals surface area contributed by atoms with Crippen LogP contribution in [0.4, 0.5) is 5.82 Å². The van der Waals surface area contributed by atoms with Crippen LogP contribution in [0.1, 0.15) is 12.8 Å². The monoisotopic (exact) mass is 280 g/mol. The number of hydrogen-bond acceptors (Lipinski definition) is 6. The van der Waals surface area contributed by atoms with Crippen molar-refractivity contribution in [1.29, 1.82) is 0 Å². The van der Waals surface area contributed by atoms with Crippen molar-refractivity contribution in [2.45, 2.75) is 24.9 Å². The summed E-state index contributed by atoms with van der Waals surface area (Å²) in [6, 6.07) is 0.820. The smallest absolute Gasteiger partial charge is 0.295 e. The zero-order valence-corrected chi connectivity index (χ0v) is 11.6. The number of hydrogen-bond donors (Lipinski definition) is 2. The van der Waals surface area contributed by atoms with Gasteiger partial charge in [0.25, 0.3) is 5.56 Å². The number of anilines is 1. The Morgan fingerprint density at radius 2 is 2.45 bits per heavy atom. The van der Waals surface area contributed by atoms with E-state index in [9.17, 15) is 4.79 Å². The summed E-state index contributed by atoms with van der Waals surface area (Å²) in [6.07, 6.45) is 3.92. The molecule has 7 heteroatoms. The molecule has 3 rings (SSSR count). The normalized spacial score (nSPS) is 22.9.